The second-order valence-electron chi connectivity index (χ2n) is 4.81. The molecular formula is C13H21N3OS. The number of nitrogen functional groups attached to an aromatic ring is 1. The number of hydrogen-bond donors (Lipinski definition) is 3. The van der Waals surface area contributed by atoms with E-state index < -0.39 is 0 Å². The maximum atomic E-state index is 11.6. The lowest BCUT2D eigenvalue weighted by Crippen LogP contribution is -2.18. The van der Waals surface area contributed by atoms with E-state index in [-0.39, 0.29) is 5.91 Å². The van der Waals surface area contributed by atoms with E-state index in [4.69, 9.17) is 5.73 Å². The fraction of sp³-hybridized carbons (Fsp3) is 0.615. The summed E-state index contributed by atoms with van der Waals surface area (Å²) in [5.74, 6) is -0.105. The third-order valence-corrected chi connectivity index (χ3v) is 4.48. The van der Waals surface area contributed by atoms with Gasteiger partial charge in [0.25, 0.3) is 5.91 Å². The summed E-state index contributed by atoms with van der Waals surface area (Å²) in [4.78, 5) is 12.2. The molecule has 5 heteroatoms. The van der Waals surface area contributed by atoms with Crippen molar-refractivity contribution in [2.75, 3.05) is 18.1 Å². The van der Waals surface area contributed by atoms with Crippen molar-refractivity contribution < 1.29 is 4.79 Å². The number of carbonyl (C=O) groups excluding carboxylic acids is 1. The first kappa shape index (κ1) is 13.2. The van der Waals surface area contributed by atoms with Gasteiger partial charge in [0.1, 0.15) is 4.88 Å². The normalized spacial score (nSPS) is 17.2. The molecular weight excluding hydrogens is 246 g/mol. The van der Waals surface area contributed by atoms with Gasteiger partial charge in [0.05, 0.1) is 10.7 Å². The van der Waals surface area contributed by atoms with Crippen LogP contribution in [0, 0.1) is 0 Å². The molecule has 1 heterocycles. The highest BCUT2D eigenvalue weighted by Crippen LogP contribution is 2.31. The average Bonchev–Trinajstić information content (AvgIpc) is 2.57. The van der Waals surface area contributed by atoms with Crippen LogP contribution in [0.5, 0.6) is 0 Å². The Morgan fingerprint density at radius 2 is 2.00 bits per heavy atom. The Morgan fingerprint density at radius 3 is 2.61 bits per heavy atom. The molecule has 0 saturated heterocycles. The van der Waals surface area contributed by atoms with Gasteiger partial charge in [-0.25, -0.2) is 0 Å². The molecule has 4 N–H and O–H groups in total. The van der Waals surface area contributed by atoms with E-state index in [0.717, 1.165) is 5.00 Å². The molecule has 0 radical (unpaired) electrons. The molecule has 1 aromatic heterocycles. The molecule has 1 saturated carbocycles. The van der Waals surface area contributed by atoms with E-state index in [1.807, 2.05) is 6.07 Å². The van der Waals surface area contributed by atoms with Gasteiger partial charge in [0.15, 0.2) is 0 Å². The highest BCUT2D eigenvalue weighted by molar-refractivity contribution is 7.18. The number of rotatable bonds is 3. The molecule has 2 rings (SSSR count). The van der Waals surface area contributed by atoms with Crippen LogP contribution in [0.25, 0.3) is 0 Å². The number of nitrogens with one attached hydrogen (secondary N) is 2. The van der Waals surface area contributed by atoms with Gasteiger partial charge in [-0.3, -0.25) is 4.79 Å². The highest BCUT2D eigenvalue weighted by atomic mass is 32.1. The summed E-state index contributed by atoms with van der Waals surface area (Å²) in [6.07, 6.45) is 7.70. The Bertz CT molecular complexity index is 408. The Hall–Kier alpha value is -1.23. The Kier molecular flexibility index (Phi) is 4.47. The Balaban J connectivity index is 2.02. The summed E-state index contributed by atoms with van der Waals surface area (Å²) in [7, 11) is 1.62. The van der Waals surface area contributed by atoms with Gasteiger partial charge in [0.2, 0.25) is 0 Å². The summed E-state index contributed by atoms with van der Waals surface area (Å²) >= 11 is 1.44. The van der Waals surface area contributed by atoms with E-state index >= 15 is 0 Å². The molecule has 1 fully saturated rings. The summed E-state index contributed by atoms with van der Waals surface area (Å²) in [6.45, 7) is 0. The van der Waals surface area contributed by atoms with E-state index in [0.29, 0.717) is 16.6 Å². The van der Waals surface area contributed by atoms with E-state index in [2.05, 4.69) is 10.6 Å². The summed E-state index contributed by atoms with van der Waals surface area (Å²) < 4.78 is 0. The van der Waals surface area contributed by atoms with Crippen LogP contribution in [0.4, 0.5) is 10.7 Å². The first-order valence-electron chi connectivity index (χ1n) is 6.58. The van der Waals surface area contributed by atoms with Crippen molar-refractivity contribution in [2.45, 2.75) is 44.6 Å². The van der Waals surface area contributed by atoms with Crippen molar-refractivity contribution in [1.82, 2.24) is 5.32 Å². The number of thiophene rings is 1. The molecule has 0 atom stereocenters. The number of nitrogens with two attached hydrogens (primary N) is 1. The van der Waals surface area contributed by atoms with Gasteiger partial charge in [-0.15, -0.1) is 11.3 Å². The Labute approximate surface area is 112 Å². The van der Waals surface area contributed by atoms with Gasteiger partial charge >= 0.3 is 0 Å². The molecule has 4 nitrogen and oxygen atoms in total. The smallest absolute Gasteiger partial charge is 0.263 e. The zero-order valence-corrected chi connectivity index (χ0v) is 11.6. The predicted molar refractivity (Wildman–Crippen MR) is 77.2 cm³/mol. The molecule has 18 heavy (non-hydrogen) atoms. The lowest BCUT2D eigenvalue weighted by atomic mass is 10.1. The SMILES string of the molecule is CNC(=O)c1sc(NC2CCCCCC2)cc1N. The van der Waals surface area contributed by atoms with Gasteiger partial charge < -0.3 is 16.4 Å². The first-order valence-corrected chi connectivity index (χ1v) is 7.40. The third-order valence-electron chi connectivity index (χ3n) is 3.40. The minimum atomic E-state index is -0.105. The second kappa shape index (κ2) is 6.09. The van der Waals surface area contributed by atoms with Crippen molar-refractivity contribution in [3.8, 4) is 0 Å². The van der Waals surface area contributed by atoms with Crippen molar-refractivity contribution in [3.63, 3.8) is 0 Å². The molecule has 0 unspecified atom stereocenters. The van der Waals surface area contributed by atoms with Crippen LogP contribution in [0.15, 0.2) is 6.07 Å². The lowest BCUT2D eigenvalue weighted by Gasteiger charge is -2.15. The Morgan fingerprint density at radius 1 is 1.33 bits per heavy atom. The summed E-state index contributed by atoms with van der Waals surface area (Å²) in [5, 5.41) is 7.14. The van der Waals surface area contributed by atoms with Gasteiger partial charge in [-0.1, -0.05) is 25.7 Å². The van der Waals surface area contributed by atoms with E-state index in [1.54, 1.807) is 7.05 Å². The minimum absolute atomic E-state index is 0.105. The van der Waals surface area contributed by atoms with Crippen molar-refractivity contribution in [2.24, 2.45) is 0 Å². The zero-order chi connectivity index (χ0) is 13.0. The highest BCUT2D eigenvalue weighted by Gasteiger charge is 2.16. The number of hydrogen-bond acceptors (Lipinski definition) is 4. The van der Waals surface area contributed by atoms with Crippen LogP contribution in [-0.2, 0) is 0 Å². The van der Waals surface area contributed by atoms with Gasteiger partial charge in [0, 0.05) is 13.1 Å². The summed E-state index contributed by atoms with van der Waals surface area (Å²) in [5.41, 5.74) is 6.43. The molecule has 1 aromatic rings. The third kappa shape index (κ3) is 3.16. The monoisotopic (exact) mass is 267 g/mol. The van der Waals surface area contributed by atoms with E-state index in [9.17, 15) is 4.79 Å². The molecule has 1 amide bonds. The van der Waals surface area contributed by atoms with Crippen LogP contribution in [0.2, 0.25) is 0 Å². The minimum Gasteiger partial charge on any atom is -0.397 e. The maximum absolute atomic E-state index is 11.6. The van der Waals surface area contributed by atoms with E-state index in [1.165, 1.54) is 49.9 Å². The molecule has 1 aliphatic carbocycles. The predicted octanol–water partition coefficient (Wildman–Crippen LogP) is 2.82. The number of amides is 1. The van der Waals surface area contributed by atoms with Gasteiger partial charge in [-0.05, 0) is 18.9 Å². The number of carbonyl (C=O) groups is 1. The topological polar surface area (TPSA) is 67.2 Å². The molecule has 100 valence electrons. The van der Waals surface area contributed by atoms with Crippen molar-refractivity contribution >= 4 is 27.9 Å². The molecule has 0 aromatic carbocycles. The lowest BCUT2D eigenvalue weighted by molar-refractivity contribution is 0.0968. The van der Waals surface area contributed by atoms with Crippen LogP contribution in [-0.4, -0.2) is 19.0 Å². The quantitative estimate of drug-likeness (QED) is 0.738. The standard InChI is InChI=1S/C13H21N3OS/c1-15-13(17)12-10(14)8-11(18-12)16-9-6-4-2-3-5-7-9/h8-9,16H,2-7,14H2,1H3,(H,15,17). The summed E-state index contributed by atoms with van der Waals surface area (Å²) in [6, 6.07) is 2.41. The van der Waals surface area contributed by atoms with Gasteiger partial charge in [-0.2, -0.15) is 0 Å². The first-order chi connectivity index (χ1) is 8.70. The van der Waals surface area contributed by atoms with Crippen molar-refractivity contribution in [3.05, 3.63) is 10.9 Å². The second-order valence-corrected chi connectivity index (χ2v) is 5.86. The molecule has 0 bridgehead atoms. The van der Waals surface area contributed by atoms with Crippen LogP contribution >= 0.6 is 11.3 Å². The fourth-order valence-electron chi connectivity index (χ4n) is 2.39. The van der Waals surface area contributed by atoms with Crippen LogP contribution in [0.1, 0.15) is 48.2 Å². The zero-order valence-electron chi connectivity index (χ0n) is 10.8. The van der Waals surface area contributed by atoms with Crippen LogP contribution < -0.4 is 16.4 Å². The van der Waals surface area contributed by atoms with Crippen molar-refractivity contribution in [1.29, 1.82) is 0 Å². The largest absolute Gasteiger partial charge is 0.397 e. The fourth-order valence-corrected chi connectivity index (χ4v) is 3.40. The number of anilines is 2. The van der Waals surface area contributed by atoms with Crippen LogP contribution in [0.3, 0.4) is 0 Å². The molecule has 0 spiro atoms. The molecule has 0 aliphatic heterocycles. The maximum Gasteiger partial charge on any atom is 0.263 e. The molecule has 1 aliphatic rings. The average molecular weight is 267 g/mol.